The van der Waals surface area contributed by atoms with Crippen LogP contribution in [0.2, 0.25) is 5.02 Å². The molecular formula is C35H43ClN6O2. The summed E-state index contributed by atoms with van der Waals surface area (Å²) in [5.41, 5.74) is 2.88. The summed E-state index contributed by atoms with van der Waals surface area (Å²) < 4.78 is 8.37. The van der Waals surface area contributed by atoms with Gasteiger partial charge in [0.25, 0.3) is 0 Å². The number of nitrogens with one attached hydrogen (secondary N) is 1. The van der Waals surface area contributed by atoms with Gasteiger partial charge in [-0.1, -0.05) is 23.7 Å². The number of hydrogen-bond acceptors (Lipinski definition) is 6. The van der Waals surface area contributed by atoms with Crippen LogP contribution in [0.1, 0.15) is 49.1 Å². The molecule has 1 amide bonds. The number of halogens is 1. The van der Waals surface area contributed by atoms with E-state index in [1.807, 2.05) is 24.4 Å². The molecule has 3 heterocycles. The average Bonchev–Trinajstić information content (AvgIpc) is 3.66. The molecule has 8 nitrogen and oxygen atoms in total. The summed E-state index contributed by atoms with van der Waals surface area (Å²) >= 11 is 6.69. The smallest absolute Gasteiger partial charge is 0.407 e. The van der Waals surface area contributed by atoms with Gasteiger partial charge in [0.1, 0.15) is 11.9 Å². The highest BCUT2D eigenvalue weighted by Crippen LogP contribution is 2.52. The number of benzene rings is 2. The maximum absolute atomic E-state index is 12.5. The molecule has 9 heteroatoms. The first-order chi connectivity index (χ1) is 21.4. The lowest BCUT2D eigenvalue weighted by Gasteiger charge is -2.51. The molecular weight excluding hydrogens is 572 g/mol. The molecule has 6 rings (SSSR count). The zero-order chi connectivity index (χ0) is 30.7. The van der Waals surface area contributed by atoms with Crippen LogP contribution in [0.25, 0.3) is 0 Å². The number of nitriles is 1. The van der Waals surface area contributed by atoms with Gasteiger partial charge in [-0.05, 0) is 100.0 Å². The second-order valence-corrected chi connectivity index (χ2v) is 13.3. The first-order valence-corrected chi connectivity index (χ1v) is 16.4. The van der Waals surface area contributed by atoms with Gasteiger partial charge in [0.2, 0.25) is 0 Å². The number of rotatable bonds is 9. The summed E-state index contributed by atoms with van der Waals surface area (Å²) in [6, 6.07) is 18.5. The number of likely N-dealkylation sites (tertiary alicyclic amines) is 1. The first kappa shape index (κ1) is 30.5. The van der Waals surface area contributed by atoms with Gasteiger partial charge in [-0.15, -0.1) is 0 Å². The van der Waals surface area contributed by atoms with Crippen molar-refractivity contribution in [2.75, 3.05) is 44.7 Å². The fraction of sp³-hybridized carbons (Fsp3) is 0.514. The van der Waals surface area contributed by atoms with E-state index in [1.165, 1.54) is 11.3 Å². The molecule has 1 aromatic heterocycles. The third-order valence-electron chi connectivity index (χ3n) is 10.4. The van der Waals surface area contributed by atoms with Crippen molar-refractivity contribution in [2.24, 2.45) is 17.8 Å². The van der Waals surface area contributed by atoms with Crippen LogP contribution < -0.4 is 10.2 Å². The van der Waals surface area contributed by atoms with Crippen LogP contribution in [0.15, 0.2) is 60.9 Å². The molecule has 2 aromatic carbocycles. The Kier molecular flexibility index (Phi) is 9.16. The highest BCUT2D eigenvalue weighted by Gasteiger charge is 2.53. The molecule has 0 radical (unpaired) electrons. The number of nitrogens with zero attached hydrogens (tertiary/aromatic N) is 5. The van der Waals surface area contributed by atoms with E-state index in [1.54, 1.807) is 7.05 Å². The Bertz CT molecular complexity index is 1470. The highest BCUT2D eigenvalue weighted by atomic mass is 35.5. The van der Waals surface area contributed by atoms with E-state index >= 15 is 0 Å². The lowest BCUT2D eigenvalue weighted by Crippen LogP contribution is -2.55. The Morgan fingerprint density at radius 2 is 1.91 bits per heavy atom. The molecule has 0 bridgehead atoms. The van der Waals surface area contributed by atoms with Crippen molar-refractivity contribution in [3.05, 3.63) is 82.9 Å². The lowest BCUT2D eigenvalue weighted by atomic mass is 9.58. The Balaban J connectivity index is 1.22. The SMILES string of the molecule is CNC(=O)O[C@@H]1CCC[C@H]1C(Cn1ccnc1C)(c1cccc(Cl)c1)C1CCN(CC2CN(c3ccc(C#N)cc3)C2)CC1. The van der Waals surface area contributed by atoms with E-state index in [9.17, 15) is 4.79 Å². The van der Waals surface area contributed by atoms with Crippen LogP contribution in [0.5, 0.6) is 0 Å². The normalized spacial score (nSPS) is 22.6. The third kappa shape index (κ3) is 6.18. The number of piperidine rings is 1. The molecule has 3 atom stereocenters. The average molecular weight is 615 g/mol. The molecule has 3 aromatic rings. The van der Waals surface area contributed by atoms with E-state index in [0.717, 1.165) is 82.2 Å². The fourth-order valence-corrected chi connectivity index (χ4v) is 8.40. The summed E-state index contributed by atoms with van der Waals surface area (Å²) in [5, 5.41) is 12.5. The highest BCUT2D eigenvalue weighted by molar-refractivity contribution is 6.30. The minimum atomic E-state index is -0.355. The summed E-state index contributed by atoms with van der Waals surface area (Å²) in [7, 11) is 1.63. The van der Waals surface area contributed by atoms with Gasteiger partial charge >= 0.3 is 6.09 Å². The van der Waals surface area contributed by atoms with Crippen molar-refractivity contribution >= 4 is 23.4 Å². The van der Waals surface area contributed by atoms with Crippen LogP contribution in [0.4, 0.5) is 10.5 Å². The molecule has 2 aliphatic heterocycles. The van der Waals surface area contributed by atoms with Crippen molar-refractivity contribution in [2.45, 2.75) is 57.1 Å². The predicted octanol–water partition coefficient (Wildman–Crippen LogP) is 6.03. The summed E-state index contributed by atoms with van der Waals surface area (Å²) in [4.78, 5) is 22.1. The van der Waals surface area contributed by atoms with E-state index < -0.39 is 0 Å². The van der Waals surface area contributed by atoms with Crippen LogP contribution >= 0.6 is 11.6 Å². The Morgan fingerprint density at radius 3 is 2.57 bits per heavy atom. The third-order valence-corrected chi connectivity index (χ3v) is 10.7. The van der Waals surface area contributed by atoms with Crippen molar-refractivity contribution in [1.29, 1.82) is 5.26 Å². The zero-order valence-corrected chi connectivity index (χ0v) is 26.5. The van der Waals surface area contributed by atoms with Gasteiger partial charge in [0, 0.05) is 73.6 Å². The minimum Gasteiger partial charge on any atom is -0.446 e. The van der Waals surface area contributed by atoms with Crippen molar-refractivity contribution in [3.63, 3.8) is 0 Å². The lowest BCUT2D eigenvalue weighted by molar-refractivity contribution is 0.00180. The second-order valence-electron chi connectivity index (χ2n) is 12.9. The summed E-state index contributed by atoms with van der Waals surface area (Å²) in [5.74, 6) is 2.21. The first-order valence-electron chi connectivity index (χ1n) is 16.0. The zero-order valence-electron chi connectivity index (χ0n) is 25.8. The molecule has 232 valence electrons. The largest absolute Gasteiger partial charge is 0.446 e. The van der Waals surface area contributed by atoms with Crippen LogP contribution in [0, 0.1) is 36.0 Å². The number of carbonyl (C=O) groups excluding carboxylic acids is 1. The van der Waals surface area contributed by atoms with Gasteiger partial charge in [-0.25, -0.2) is 9.78 Å². The summed E-state index contributed by atoms with van der Waals surface area (Å²) in [6.45, 7) is 8.17. The molecule has 1 unspecified atom stereocenters. The standard InChI is InChI=1S/C35H43ClN6O2/c1-25-39-15-18-41(25)24-35(29-5-3-6-30(36)19-29,32-7-4-8-33(32)44-34(43)38-2)28-13-16-40(17-14-28)21-27-22-42(23-27)31-11-9-26(20-37)10-12-31/h3,5-6,9-12,15,18-19,27-28,32-33H,4,7-8,13-14,16-17,21-24H2,1-2H3,(H,38,43)/t32-,33-,35?/m1/s1. The Labute approximate surface area is 266 Å². The van der Waals surface area contributed by atoms with Crippen LogP contribution in [0.3, 0.4) is 0 Å². The molecule has 1 N–H and O–H groups in total. The van der Waals surface area contributed by atoms with Gasteiger partial charge in [0.05, 0.1) is 11.6 Å². The number of aromatic nitrogens is 2. The topological polar surface area (TPSA) is 86.4 Å². The number of hydrogen-bond donors (Lipinski definition) is 1. The van der Waals surface area contributed by atoms with Gasteiger partial charge in [-0.2, -0.15) is 5.26 Å². The number of anilines is 1. The van der Waals surface area contributed by atoms with Crippen molar-refractivity contribution in [3.8, 4) is 6.07 Å². The van der Waals surface area contributed by atoms with E-state index in [2.05, 4.69) is 74.2 Å². The Morgan fingerprint density at radius 1 is 1.14 bits per heavy atom. The van der Waals surface area contributed by atoms with Crippen molar-refractivity contribution in [1.82, 2.24) is 19.8 Å². The minimum absolute atomic E-state index is 0.154. The number of imidazole rings is 1. The molecule has 1 aliphatic carbocycles. The Hall–Kier alpha value is -3.54. The molecule has 0 spiro atoms. The van der Waals surface area contributed by atoms with Gasteiger partial charge < -0.3 is 24.4 Å². The quantitative estimate of drug-likeness (QED) is 0.317. The van der Waals surface area contributed by atoms with E-state index in [-0.39, 0.29) is 23.5 Å². The van der Waals surface area contributed by atoms with E-state index in [0.29, 0.717) is 17.4 Å². The predicted molar refractivity (Wildman–Crippen MR) is 173 cm³/mol. The molecule has 44 heavy (non-hydrogen) atoms. The van der Waals surface area contributed by atoms with Crippen molar-refractivity contribution < 1.29 is 9.53 Å². The number of amides is 1. The molecule has 3 fully saturated rings. The number of ether oxygens (including phenoxy) is 1. The maximum Gasteiger partial charge on any atom is 0.407 e. The van der Waals surface area contributed by atoms with Crippen LogP contribution in [-0.4, -0.2) is 66.4 Å². The maximum atomic E-state index is 12.5. The number of aryl methyl sites for hydroxylation is 1. The van der Waals surface area contributed by atoms with E-state index in [4.69, 9.17) is 21.6 Å². The fourth-order valence-electron chi connectivity index (χ4n) is 8.21. The number of carbonyl (C=O) groups is 1. The summed E-state index contributed by atoms with van der Waals surface area (Å²) in [6.07, 6.45) is 8.54. The molecule has 2 saturated heterocycles. The molecule has 1 saturated carbocycles. The molecule has 3 aliphatic rings. The van der Waals surface area contributed by atoms with Gasteiger partial charge in [-0.3, -0.25) is 0 Å². The van der Waals surface area contributed by atoms with Gasteiger partial charge in [0.15, 0.2) is 0 Å². The monoisotopic (exact) mass is 614 g/mol. The number of alkyl carbamates (subject to hydrolysis) is 1. The second kappa shape index (κ2) is 13.2. The van der Waals surface area contributed by atoms with Crippen LogP contribution in [-0.2, 0) is 16.7 Å².